The minimum Gasteiger partial charge on any atom is -0.493 e. The Bertz CT molecular complexity index is 367. The molecule has 0 saturated heterocycles. The van der Waals surface area contributed by atoms with Crippen molar-refractivity contribution in [1.29, 1.82) is 0 Å². The molecule has 2 unspecified atom stereocenters. The molecule has 0 amide bonds. The molecule has 2 heteroatoms. The summed E-state index contributed by atoms with van der Waals surface area (Å²) in [6, 6.07) is 8.44. The van der Waals surface area contributed by atoms with Crippen molar-refractivity contribution in [3.8, 4) is 5.75 Å². The molecule has 0 aromatic heterocycles. The van der Waals surface area contributed by atoms with Crippen LogP contribution in [0.5, 0.6) is 5.75 Å². The highest BCUT2D eigenvalue weighted by Gasteiger charge is 2.33. The molecule has 0 spiro atoms. The van der Waals surface area contributed by atoms with Gasteiger partial charge in [0.2, 0.25) is 0 Å². The third-order valence-corrected chi connectivity index (χ3v) is 3.44. The molecule has 0 saturated carbocycles. The molecule has 88 valence electrons. The predicted octanol–water partition coefficient (Wildman–Crippen LogP) is 2.93. The molecular weight excluding hydrogens is 198 g/mol. The fourth-order valence-electron chi connectivity index (χ4n) is 2.35. The van der Waals surface area contributed by atoms with E-state index < -0.39 is 0 Å². The van der Waals surface area contributed by atoms with Gasteiger partial charge in [-0.3, -0.25) is 0 Å². The fraction of sp³-hybridized carbons (Fsp3) is 0.571. The lowest BCUT2D eigenvalue weighted by atomic mass is 9.74. The van der Waals surface area contributed by atoms with E-state index in [-0.39, 0.29) is 11.5 Å². The minimum absolute atomic E-state index is 0.134. The van der Waals surface area contributed by atoms with Crippen molar-refractivity contribution in [3.05, 3.63) is 29.8 Å². The van der Waals surface area contributed by atoms with Crippen molar-refractivity contribution >= 4 is 0 Å². The average molecular weight is 219 g/mol. The number of para-hydroxylation sites is 1. The molecule has 1 aliphatic rings. The Labute approximate surface area is 97.8 Å². The monoisotopic (exact) mass is 219 g/mol. The van der Waals surface area contributed by atoms with E-state index in [1.165, 1.54) is 5.56 Å². The van der Waals surface area contributed by atoms with Crippen LogP contribution in [-0.4, -0.2) is 12.6 Å². The molecule has 1 heterocycles. The Balaban J connectivity index is 2.32. The van der Waals surface area contributed by atoms with Gasteiger partial charge in [0.25, 0.3) is 0 Å². The second-order valence-corrected chi connectivity index (χ2v) is 5.67. The Kier molecular flexibility index (Phi) is 2.94. The van der Waals surface area contributed by atoms with Crippen molar-refractivity contribution in [2.24, 2.45) is 11.1 Å². The van der Waals surface area contributed by atoms with Crippen LogP contribution >= 0.6 is 0 Å². The summed E-state index contributed by atoms with van der Waals surface area (Å²) in [5.74, 6) is 1.43. The van der Waals surface area contributed by atoms with Gasteiger partial charge in [0, 0.05) is 12.0 Å². The fourth-order valence-corrected chi connectivity index (χ4v) is 2.35. The molecule has 16 heavy (non-hydrogen) atoms. The van der Waals surface area contributed by atoms with Gasteiger partial charge in [-0.25, -0.2) is 0 Å². The summed E-state index contributed by atoms with van der Waals surface area (Å²) in [5, 5.41) is 0. The number of hydrogen-bond donors (Lipinski definition) is 1. The van der Waals surface area contributed by atoms with Gasteiger partial charge in [-0.15, -0.1) is 0 Å². The molecule has 1 aliphatic heterocycles. The molecule has 0 fully saturated rings. The van der Waals surface area contributed by atoms with E-state index in [4.69, 9.17) is 10.5 Å². The zero-order valence-electron chi connectivity index (χ0n) is 10.4. The highest BCUT2D eigenvalue weighted by atomic mass is 16.5. The van der Waals surface area contributed by atoms with Gasteiger partial charge in [-0.2, -0.15) is 0 Å². The first-order valence-corrected chi connectivity index (χ1v) is 5.97. The predicted molar refractivity (Wildman–Crippen MR) is 66.7 cm³/mol. The van der Waals surface area contributed by atoms with Crippen LogP contribution in [0.1, 0.15) is 38.7 Å². The second-order valence-electron chi connectivity index (χ2n) is 5.67. The molecule has 1 aromatic carbocycles. The van der Waals surface area contributed by atoms with Gasteiger partial charge >= 0.3 is 0 Å². The van der Waals surface area contributed by atoms with Gasteiger partial charge in [-0.1, -0.05) is 39.0 Å². The lowest BCUT2D eigenvalue weighted by Crippen LogP contribution is -2.42. The lowest BCUT2D eigenvalue weighted by Gasteiger charge is -2.37. The van der Waals surface area contributed by atoms with E-state index in [0.717, 1.165) is 18.8 Å². The number of nitrogens with two attached hydrogens (primary N) is 1. The van der Waals surface area contributed by atoms with Gasteiger partial charge in [-0.05, 0) is 23.5 Å². The van der Waals surface area contributed by atoms with Crippen LogP contribution in [0.2, 0.25) is 0 Å². The quantitative estimate of drug-likeness (QED) is 0.788. The minimum atomic E-state index is 0.134. The summed E-state index contributed by atoms with van der Waals surface area (Å²) in [7, 11) is 0. The Morgan fingerprint density at radius 1 is 1.31 bits per heavy atom. The molecule has 2 atom stereocenters. The zero-order chi connectivity index (χ0) is 11.8. The molecule has 2 rings (SSSR count). The van der Waals surface area contributed by atoms with E-state index in [2.05, 4.69) is 32.9 Å². The van der Waals surface area contributed by atoms with Gasteiger partial charge < -0.3 is 10.5 Å². The van der Waals surface area contributed by atoms with Gasteiger partial charge in [0.15, 0.2) is 0 Å². The van der Waals surface area contributed by atoms with E-state index in [0.29, 0.717) is 5.92 Å². The maximum atomic E-state index is 6.38. The van der Waals surface area contributed by atoms with Crippen molar-refractivity contribution in [3.63, 3.8) is 0 Å². The summed E-state index contributed by atoms with van der Waals surface area (Å²) in [4.78, 5) is 0. The number of ether oxygens (including phenoxy) is 1. The molecule has 0 aliphatic carbocycles. The van der Waals surface area contributed by atoms with Gasteiger partial charge in [0.05, 0.1) is 6.61 Å². The lowest BCUT2D eigenvalue weighted by molar-refractivity contribution is 0.209. The van der Waals surface area contributed by atoms with E-state index in [9.17, 15) is 0 Å². The molecule has 1 aromatic rings. The first kappa shape index (κ1) is 11.5. The van der Waals surface area contributed by atoms with Crippen LogP contribution in [0.15, 0.2) is 24.3 Å². The van der Waals surface area contributed by atoms with E-state index >= 15 is 0 Å². The summed E-state index contributed by atoms with van der Waals surface area (Å²) >= 11 is 0. The number of rotatable bonds is 1. The molecule has 2 N–H and O–H groups in total. The van der Waals surface area contributed by atoms with Crippen LogP contribution in [0.25, 0.3) is 0 Å². The number of benzene rings is 1. The van der Waals surface area contributed by atoms with E-state index in [1.807, 2.05) is 12.1 Å². The first-order valence-electron chi connectivity index (χ1n) is 5.97. The van der Waals surface area contributed by atoms with Crippen LogP contribution in [0.3, 0.4) is 0 Å². The maximum absolute atomic E-state index is 6.38. The third-order valence-electron chi connectivity index (χ3n) is 3.44. The largest absolute Gasteiger partial charge is 0.493 e. The average Bonchev–Trinajstić information content (AvgIpc) is 2.26. The first-order chi connectivity index (χ1) is 7.50. The molecule has 2 nitrogen and oxygen atoms in total. The Hall–Kier alpha value is -1.02. The highest BCUT2D eigenvalue weighted by molar-refractivity contribution is 5.38. The normalized spacial score (nSPS) is 22.1. The van der Waals surface area contributed by atoms with Crippen molar-refractivity contribution in [2.75, 3.05) is 6.61 Å². The summed E-state index contributed by atoms with van der Waals surface area (Å²) in [6.07, 6.45) is 1.02. The molecular formula is C14H21NO. The second kappa shape index (κ2) is 4.10. The zero-order valence-corrected chi connectivity index (χ0v) is 10.4. The summed E-state index contributed by atoms with van der Waals surface area (Å²) < 4.78 is 5.66. The van der Waals surface area contributed by atoms with Crippen LogP contribution < -0.4 is 10.5 Å². The van der Waals surface area contributed by atoms with Crippen molar-refractivity contribution in [1.82, 2.24) is 0 Å². The van der Waals surface area contributed by atoms with Crippen LogP contribution in [0, 0.1) is 5.41 Å². The SMILES string of the molecule is CC(C)(C)C(N)C1CCOc2ccccc21. The van der Waals surface area contributed by atoms with Crippen LogP contribution in [0.4, 0.5) is 0 Å². The Morgan fingerprint density at radius 3 is 2.69 bits per heavy atom. The highest BCUT2D eigenvalue weighted by Crippen LogP contribution is 2.39. The van der Waals surface area contributed by atoms with Crippen LogP contribution in [-0.2, 0) is 0 Å². The van der Waals surface area contributed by atoms with E-state index in [1.54, 1.807) is 0 Å². The summed E-state index contributed by atoms with van der Waals surface area (Å²) in [6.45, 7) is 7.40. The van der Waals surface area contributed by atoms with Crippen molar-refractivity contribution < 1.29 is 4.74 Å². The summed E-state index contributed by atoms with van der Waals surface area (Å²) in [5.41, 5.74) is 7.79. The smallest absolute Gasteiger partial charge is 0.122 e. The Morgan fingerprint density at radius 2 is 2.00 bits per heavy atom. The van der Waals surface area contributed by atoms with Gasteiger partial charge in [0.1, 0.15) is 5.75 Å². The third kappa shape index (κ3) is 2.07. The molecule has 0 radical (unpaired) electrons. The maximum Gasteiger partial charge on any atom is 0.122 e. The topological polar surface area (TPSA) is 35.2 Å². The standard InChI is InChI=1S/C14H21NO/c1-14(2,3)13(15)11-8-9-16-12-7-5-4-6-10(11)12/h4-7,11,13H,8-9,15H2,1-3H3. The number of hydrogen-bond acceptors (Lipinski definition) is 2. The molecule has 0 bridgehead atoms. The number of fused-ring (bicyclic) bond motifs is 1. The van der Waals surface area contributed by atoms with Crippen molar-refractivity contribution in [2.45, 2.75) is 39.2 Å².